The van der Waals surface area contributed by atoms with Crippen molar-refractivity contribution in [3.63, 3.8) is 0 Å². The molecular formula is C20H16F4N2O. The van der Waals surface area contributed by atoms with Crippen LogP contribution >= 0.6 is 0 Å². The molecule has 3 nitrogen and oxygen atoms in total. The molecule has 140 valence electrons. The summed E-state index contributed by atoms with van der Waals surface area (Å²) < 4.78 is 52.3. The minimum Gasteiger partial charge on any atom is -0.298 e. The third-order valence-electron chi connectivity index (χ3n) is 4.08. The zero-order valence-electron chi connectivity index (χ0n) is 14.4. The third-order valence-corrected chi connectivity index (χ3v) is 4.08. The lowest BCUT2D eigenvalue weighted by Crippen LogP contribution is -2.34. The molecule has 0 spiro atoms. The number of carbonyl (C=O) groups is 1. The fraction of sp³-hybridized carbons (Fsp3) is 0.200. The highest BCUT2D eigenvalue weighted by Gasteiger charge is 2.31. The maximum Gasteiger partial charge on any atom is 0.416 e. The van der Waals surface area contributed by atoms with Crippen LogP contribution in [0.15, 0.2) is 53.9 Å². The van der Waals surface area contributed by atoms with Crippen LogP contribution in [0.2, 0.25) is 0 Å². The van der Waals surface area contributed by atoms with E-state index in [1.807, 2.05) is 4.90 Å². The highest BCUT2D eigenvalue weighted by molar-refractivity contribution is 6.14. The number of Topliss-reactive ketones (excluding diaryl/α,β-unsaturated/α-hetero) is 1. The average Bonchev–Trinajstić information content (AvgIpc) is 2.58. The zero-order chi connectivity index (χ0) is 19.6. The maximum atomic E-state index is 13.6. The average molecular weight is 376 g/mol. The molecule has 0 amide bonds. The summed E-state index contributed by atoms with van der Waals surface area (Å²) in [5.41, 5.74) is 0.465. The first-order valence-electron chi connectivity index (χ1n) is 8.14. The first-order valence-corrected chi connectivity index (χ1v) is 8.14. The van der Waals surface area contributed by atoms with Crippen LogP contribution in [0.25, 0.3) is 12.2 Å². The van der Waals surface area contributed by atoms with E-state index < -0.39 is 17.6 Å². The molecule has 0 atom stereocenters. The number of hydrogen-bond acceptors (Lipinski definition) is 3. The summed E-state index contributed by atoms with van der Waals surface area (Å²) in [5.74, 6) is -1.27. The number of likely N-dealkylation sites (N-methyl/N-ethyl adjacent to an activating group) is 1. The van der Waals surface area contributed by atoms with Gasteiger partial charge in [-0.2, -0.15) is 13.2 Å². The fourth-order valence-electron chi connectivity index (χ4n) is 2.93. The molecule has 0 aliphatic carbocycles. The summed E-state index contributed by atoms with van der Waals surface area (Å²) in [6.07, 6.45) is 1.58. The van der Waals surface area contributed by atoms with Gasteiger partial charge in [0, 0.05) is 36.6 Å². The summed E-state index contributed by atoms with van der Waals surface area (Å²) in [6.45, 7) is 0.670. The number of benzene rings is 1. The van der Waals surface area contributed by atoms with E-state index in [9.17, 15) is 22.4 Å². The van der Waals surface area contributed by atoms with E-state index in [2.05, 4.69) is 4.98 Å². The molecule has 1 aliphatic rings. The Kier molecular flexibility index (Phi) is 5.23. The van der Waals surface area contributed by atoms with Crippen molar-refractivity contribution in [1.29, 1.82) is 0 Å². The second kappa shape index (κ2) is 7.44. The van der Waals surface area contributed by atoms with Gasteiger partial charge in [-0.3, -0.25) is 14.7 Å². The number of piperidine rings is 1. The number of pyridine rings is 1. The van der Waals surface area contributed by atoms with Gasteiger partial charge in [0.15, 0.2) is 5.78 Å². The number of carbonyl (C=O) groups excluding carboxylic acids is 1. The van der Waals surface area contributed by atoms with Crippen LogP contribution < -0.4 is 0 Å². The van der Waals surface area contributed by atoms with Crippen molar-refractivity contribution in [3.05, 3.63) is 76.4 Å². The van der Waals surface area contributed by atoms with Crippen LogP contribution in [0.1, 0.15) is 16.7 Å². The highest BCUT2D eigenvalue weighted by Crippen LogP contribution is 2.31. The summed E-state index contributed by atoms with van der Waals surface area (Å²) >= 11 is 0. The minimum atomic E-state index is -4.66. The van der Waals surface area contributed by atoms with Crippen LogP contribution in [0.5, 0.6) is 0 Å². The van der Waals surface area contributed by atoms with Crippen molar-refractivity contribution in [3.8, 4) is 0 Å². The number of halogens is 4. The Morgan fingerprint density at radius 1 is 1.07 bits per heavy atom. The van der Waals surface area contributed by atoms with Crippen molar-refractivity contribution >= 4 is 17.9 Å². The van der Waals surface area contributed by atoms with Gasteiger partial charge in [-0.1, -0.05) is 6.07 Å². The number of hydrogen-bond donors (Lipinski definition) is 0. The lowest BCUT2D eigenvalue weighted by atomic mass is 9.94. The minimum absolute atomic E-state index is 0.00158. The largest absolute Gasteiger partial charge is 0.416 e. The number of alkyl halides is 3. The lowest BCUT2D eigenvalue weighted by Gasteiger charge is -2.26. The SMILES string of the molecule is CN1CC(=Cc2cccnc2)C(=O)/C(=C/c2cc(F)cc(C(F)(F)F)c2)C1. The van der Waals surface area contributed by atoms with Crippen LogP contribution in [0.3, 0.4) is 0 Å². The third kappa shape index (κ3) is 4.68. The molecule has 1 saturated heterocycles. The Labute approximate surface area is 153 Å². The van der Waals surface area contributed by atoms with Crippen LogP contribution in [0.4, 0.5) is 17.6 Å². The first-order chi connectivity index (χ1) is 12.7. The van der Waals surface area contributed by atoms with Crippen LogP contribution in [-0.4, -0.2) is 35.8 Å². The van der Waals surface area contributed by atoms with Crippen LogP contribution in [0, 0.1) is 5.82 Å². The van der Waals surface area contributed by atoms with Gasteiger partial charge in [0.1, 0.15) is 5.82 Å². The van der Waals surface area contributed by atoms with Crippen molar-refractivity contribution < 1.29 is 22.4 Å². The van der Waals surface area contributed by atoms with Crippen molar-refractivity contribution in [2.45, 2.75) is 6.18 Å². The van der Waals surface area contributed by atoms with E-state index >= 15 is 0 Å². The number of aromatic nitrogens is 1. The highest BCUT2D eigenvalue weighted by atomic mass is 19.4. The predicted molar refractivity (Wildman–Crippen MR) is 94.1 cm³/mol. The summed E-state index contributed by atoms with van der Waals surface area (Å²) in [6, 6.07) is 5.79. The predicted octanol–water partition coefficient (Wildman–Crippen LogP) is 4.22. The van der Waals surface area contributed by atoms with Crippen molar-refractivity contribution in [1.82, 2.24) is 9.88 Å². The van der Waals surface area contributed by atoms with E-state index in [0.29, 0.717) is 23.8 Å². The van der Waals surface area contributed by atoms with E-state index in [0.717, 1.165) is 17.7 Å². The van der Waals surface area contributed by atoms with Gasteiger partial charge < -0.3 is 0 Å². The maximum absolute atomic E-state index is 13.6. The monoisotopic (exact) mass is 376 g/mol. The standard InChI is InChI=1S/C20H16F4N2O/c1-26-11-15(5-13-3-2-4-25-10-13)19(27)16(12-26)6-14-7-17(20(22,23)24)9-18(21)8-14/h2-10H,11-12H2,1H3/b15-5?,16-6+. The number of rotatable bonds is 2. The quantitative estimate of drug-likeness (QED) is 0.581. The van der Waals surface area contributed by atoms with Crippen LogP contribution in [-0.2, 0) is 11.0 Å². The first kappa shape index (κ1) is 19.0. The lowest BCUT2D eigenvalue weighted by molar-refractivity contribution is -0.137. The second-order valence-corrected chi connectivity index (χ2v) is 6.40. The molecule has 1 aliphatic heterocycles. The van der Waals surface area contributed by atoms with E-state index in [1.54, 1.807) is 37.7 Å². The smallest absolute Gasteiger partial charge is 0.298 e. The molecule has 2 heterocycles. The van der Waals surface area contributed by atoms with Gasteiger partial charge in [-0.25, -0.2) is 4.39 Å². The van der Waals surface area contributed by atoms with E-state index in [1.165, 1.54) is 6.08 Å². The van der Waals surface area contributed by atoms with E-state index in [4.69, 9.17) is 0 Å². The second-order valence-electron chi connectivity index (χ2n) is 6.40. The molecule has 27 heavy (non-hydrogen) atoms. The van der Waals surface area contributed by atoms with Gasteiger partial charge in [-0.15, -0.1) is 0 Å². The number of likely N-dealkylation sites (tertiary alicyclic amines) is 1. The molecule has 0 N–H and O–H groups in total. The molecule has 0 radical (unpaired) electrons. The Bertz CT molecular complexity index is 917. The molecule has 0 unspecified atom stereocenters. The summed E-state index contributed by atoms with van der Waals surface area (Å²) in [5, 5.41) is 0. The molecule has 7 heteroatoms. The number of nitrogens with zero attached hydrogens (tertiary/aromatic N) is 2. The zero-order valence-corrected chi connectivity index (χ0v) is 14.4. The Morgan fingerprint density at radius 3 is 2.33 bits per heavy atom. The number of ketones is 1. The molecule has 3 rings (SSSR count). The molecule has 1 aromatic carbocycles. The normalized spacial score (nSPS) is 19.1. The topological polar surface area (TPSA) is 33.2 Å². The molecule has 1 aromatic heterocycles. The Hall–Kier alpha value is -2.80. The molecule has 1 fully saturated rings. The molecular weight excluding hydrogens is 360 g/mol. The van der Waals surface area contributed by atoms with Gasteiger partial charge in [0.2, 0.25) is 0 Å². The Morgan fingerprint density at radius 2 is 1.74 bits per heavy atom. The summed E-state index contributed by atoms with van der Waals surface area (Å²) in [7, 11) is 1.80. The molecule has 2 aromatic rings. The van der Waals surface area contributed by atoms with Crippen molar-refractivity contribution in [2.75, 3.05) is 20.1 Å². The van der Waals surface area contributed by atoms with Gasteiger partial charge >= 0.3 is 6.18 Å². The van der Waals surface area contributed by atoms with Gasteiger partial charge in [0.05, 0.1) is 5.56 Å². The fourth-order valence-corrected chi connectivity index (χ4v) is 2.93. The van der Waals surface area contributed by atoms with Gasteiger partial charge in [0.25, 0.3) is 0 Å². The molecule has 0 saturated carbocycles. The summed E-state index contributed by atoms with van der Waals surface area (Å²) in [4.78, 5) is 18.6. The van der Waals surface area contributed by atoms with Crippen molar-refractivity contribution in [2.24, 2.45) is 0 Å². The molecule has 0 bridgehead atoms. The van der Waals surface area contributed by atoms with Gasteiger partial charge in [-0.05, 0) is 54.6 Å². The Balaban J connectivity index is 1.97. The van der Waals surface area contributed by atoms with E-state index in [-0.39, 0.29) is 17.9 Å².